The van der Waals surface area contributed by atoms with Crippen molar-refractivity contribution in [3.05, 3.63) is 0 Å². The number of nitrogens with zero attached hydrogens (tertiary/aromatic N) is 2. The Balaban J connectivity index is 1.76. The Hall–Kier alpha value is -0.160. The van der Waals surface area contributed by atoms with Crippen molar-refractivity contribution in [2.24, 2.45) is 5.73 Å². The lowest BCUT2D eigenvalue weighted by Gasteiger charge is -2.34. The van der Waals surface area contributed by atoms with E-state index < -0.39 is 0 Å². The van der Waals surface area contributed by atoms with Crippen LogP contribution in [0.15, 0.2) is 0 Å². The van der Waals surface area contributed by atoms with Gasteiger partial charge >= 0.3 is 0 Å². The Morgan fingerprint density at radius 1 is 1.35 bits per heavy atom. The van der Waals surface area contributed by atoms with Crippen molar-refractivity contribution in [1.82, 2.24) is 9.80 Å². The van der Waals surface area contributed by atoms with Crippen LogP contribution in [0, 0.1) is 0 Å². The van der Waals surface area contributed by atoms with Crippen LogP contribution in [0.2, 0.25) is 0 Å². The number of hydrogen-bond acceptors (Lipinski definition) is 4. The van der Waals surface area contributed by atoms with Gasteiger partial charge < -0.3 is 15.4 Å². The quantitative estimate of drug-likeness (QED) is 0.762. The summed E-state index contributed by atoms with van der Waals surface area (Å²) in [7, 11) is 2.19. The van der Waals surface area contributed by atoms with E-state index in [1.807, 2.05) is 0 Å². The second kappa shape index (κ2) is 6.69. The number of rotatable bonds is 5. The van der Waals surface area contributed by atoms with Gasteiger partial charge in [0.25, 0.3) is 0 Å². The zero-order chi connectivity index (χ0) is 12.1. The van der Waals surface area contributed by atoms with Gasteiger partial charge in [-0.15, -0.1) is 0 Å². The molecule has 0 bridgehead atoms. The predicted octanol–water partition coefficient (Wildman–Crippen LogP) is 0.520. The third-order valence-corrected chi connectivity index (χ3v) is 4.02. The van der Waals surface area contributed by atoms with Crippen molar-refractivity contribution < 1.29 is 4.74 Å². The highest BCUT2D eigenvalue weighted by molar-refractivity contribution is 4.83. The highest BCUT2D eigenvalue weighted by Gasteiger charge is 2.28. The maximum absolute atomic E-state index is 5.86. The lowest BCUT2D eigenvalue weighted by Crippen LogP contribution is -2.47. The molecule has 0 radical (unpaired) electrons. The zero-order valence-corrected chi connectivity index (χ0v) is 11.1. The Morgan fingerprint density at radius 2 is 2.24 bits per heavy atom. The van der Waals surface area contributed by atoms with Crippen molar-refractivity contribution in [3.8, 4) is 0 Å². The molecule has 0 spiro atoms. The predicted molar refractivity (Wildman–Crippen MR) is 70.1 cm³/mol. The fourth-order valence-corrected chi connectivity index (χ4v) is 3.05. The lowest BCUT2D eigenvalue weighted by molar-refractivity contribution is -0.0376. The summed E-state index contributed by atoms with van der Waals surface area (Å²) < 4.78 is 5.86. The van der Waals surface area contributed by atoms with Crippen LogP contribution in [0.25, 0.3) is 0 Å². The molecule has 100 valence electrons. The summed E-state index contributed by atoms with van der Waals surface area (Å²) in [6.45, 7) is 6.24. The summed E-state index contributed by atoms with van der Waals surface area (Å²) in [4.78, 5) is 5.00. The number of morpholine rings is 1. The Bertz CT molecular complexity index is 225. The van der Waals surface area contributed by atoms with E-state index in [2.05, 4.69) is 16.8 Å². The molecule has 2 aliphatic heterocycles. The molecule has 2 N–H and O–H groups in total. The highest BCUT2D eigenvalue weighted by Crippen LogP contribution is 2.22. The molecular weight excluding hydrogens is 214 g/mol. The van der Waals surface area contributed by atoms with Crippen LogP contribution in [0.1, 0.15) is 25.7 Å². The molecule has 4 nitrogen and oxygen atoms in total. The second-order valence-corrected chi connectivity index (χ2v) is 5.48. The largest absolute Gasteiger partial charge is 0.374 e. The number of ether oxygens (including phenoxy) is 1. The molecule has 0 amide bonds. The molecule has 0 aromatic carbocycles. The van der Waals surface area contributed by atoms with Gasteiger partial charge in [0.15, 0.2) is 0 Å². The normalized spacial score (nSPS) is 32.1. The molecule has 2 atom stereocenters. The monoisotopic (exact) mass is 241 g/mol. The van der Waals surface area contributed by atoms with E-state index >= 15 is 0 Å². The molecule has 2 saturated heterocycles. The van der Waals surface area contributed by atoms with Gasteiger partial charge in [-0.25, -0.2) is 0 Å². The molecule has 0 aliphatic carbocycles. The van der Waals surface area contributed by atoms with Crippen LogP contribution in [-0.4, -0.2) is 68.3 Å². The zero-order valence-electron chi connectivity index (χ0n) is 11.1. The van der Waals surface area contributed by atoms with Crippen molar-refractivity contribution in [2.45, 2.75) is 37.8 Å². The topological polar surface area (TPSA) is 41.7 Å². The molecule has 2 aliphatic rings. The fraction of sp³-hybridized carbons (Fsp3) is 1.00. The first-order valence-electron chi connectivity index (χ1n) is 7.04. The van der Waals surface area contributed by atoms with Crippen LogP contribution >= 0.6 is 0 Å². The minimum atomic E-state index is 0.409. The van der Waals surface area contributed by atoms with Gasteiger partial charge in [-0.3, -0.25) is 4.90 Å². The molecule has 0 saturated carbocycles. The van der Waals surface area contributed by atoms with E-state index in [-0.39, 0.29) is 0 Å². The van der Waals surface area contributed by atoms with Crippen LogP contribution in [0.5, 0.6) is 0 Å². The first kappa shape index (κ1) is 13.3. The van der Waals surface area contributed by atoms with Gasteiger partial charge in [-0.1, -0.05) is 0 Å². The molecule has 4 heteroatoms. The van der Waals surface area contributed by atoms with Crippen molar-refractivity contribution >= 4 is 0 Å². The van der Waals surface area contributed by atoms with E-state index in [0.29, 0.717) is 6.10 Å². The van der Waals surface area contributed by atoms with E-state index in [4.69, 9.17) is 10.5 Å². The molecule has 2 unspecified atom stereocenters. The van der Waals surface area contributed by atoms with Crippen LogP contribution < -0.4 is 5.73 Å². The number of hydrogen-bond donors (Lipinski definition) is 1. The minimum absolute atomic E-state index is 0.409. The maximum Gasteiger partial charge on any atom is 0.0829 e. The van der Waals surface area contributed by atoms with E-state index in [1.165, 1.54) is 25.8 Å². The van der Waals surface area contributed by atoms with Crippen molar-refractivity contribution in [3.63, 3.8) is 0 Å². The lowest BCUT2D eigenvalue weighted by atomic mass is 10.1. The maximum atomic E-state index is 5.86. The SMILES string of the molecule is CN1CCOC(CN2CCCC2CCCN)C1. The molecular formula is C13H27N3O. The summed E-state index contributed by atoms with van der Waals surface area (Å²) in [5, 5.41) is 0. The van der Waals surface area contributed by atoms with E-state index in [1.54, 1.807) is 0 Å². The average Bonchev–Trinajstić information content (AvgIpc) is 2.74. The third kappa shape index (κ3) is 3.91. The van der Waals surface area contributed by atoms with Gasteiger partial charge in [0.05, 0.1) is 12.7 Å². The summed E-state index contributed by atoms with van der Waals surface area (Å²) in [6.07, 6.45) is 5.53. The van der Waals surface area contributed by atoms with E-state index in [9.17, 15) is 0 Å². The van der Waals surface area contributed by atoms with Crippen molar-refractivity contribution in [1.29, 1.82) is 0 Å². The van der Waals surface area contributed by atoms with Crippen LogP contribution in [-0.2, 0) is 4.74 Å². The average molecular weight is 241 g/mol. The number of likely N-dealkylation sites (tertiary alicyclic amines) is 1. The number of nitrogens with two attached hydrogens (primary N) is 1. The van der Waals surface area contributed by atoms with Gasteiger partial charge in [0.1, 0.15) is 0 Å². The summed E-state index contributed by atoms with van der Waals surface area (Å²) in [5.41, 5.74) is 5.60. The van der Waals surface area contributed by atoms with E-state index in [0.717, 1.165) is 45.2 Å². The van der Waals surface area contributed by atoms with Gasteiger partial charge in [0.2, 0.25) is 0 Å². The van der Waals surface area contributed by atoms with Gasteiger partial charge in [0, 0.05) is 25.7 Å². The highest BCUT2D eigenvalue weighted by atomic mass is 16.5. The number of likely N-dealkylation sites (N-methyl/N-ethyl adjacent to an activating group) is 1. The first-order chi connectivity index (χ1) is 8.29. The molecule has 2 fully saturated rings. The molecule has 17 heavy (non-hydrogen) atoms. The molecule has 2 rings (SSSR count). The van der Waals surface area contributed by atoms with Crippen LogP contribution in [0.3, 0.4) is 0 Å². The van der Waals surface area contributed by atoms with Gasteiger partial charge in [-0.05, 0) is 45.8 Å². The molecule has 0 aromatic rings. The fourth-order valence-electron chi connectivity index (χ4n) is 3.05. The van der Waals surface area contributed by atoms with Crippen molar-refractivity contribution in [2.75, 3.05) is 46.4 Å². The summed E-state index contributed by atoms with van der Waals surface area (Å²) in [6, 6.07) is 0.759. The van der Waals surface area contributed by atoms with Gasteiger partial charge in [-0.2, -0.15) is 0 Å². The summed E-state index contributed by atoms with van der Waals surface area (Å²) in [5.74, 6) is 0. The first-order valence-corrected chi connectivity index (χ1v) is 7.04. The molecule has 2 heterocycles. The third-order valence-electron chi connectivity index (χ3n) is 4.02. The Kier molecular flexibility index (Phi) is 5.22. The second-order valence-electron chi connectivity index (χ2n) is 5.48. The summed E-state index contributed by atoms with van der Waals surface area (Å²) >= 11 is 0. The smallest absolute Gasteiger partial charge is 0.0829 e. The Labute approximate surface area is 105 Å². The standard InChI is InChI=1S/C13H27N3O/c1-15-8-9-17-13(10-15)11-16-7-3-5-12(16)4-2-6-14/h12-13H,2-11,14H2,1H3. The molecule has 0 aromatic heterocycles. The van der Waals surface area contributed by atoms with Crippen LogP contribution in [0.4, 0.5) is 0 Å². The Morgan fingerprint density at radius 3 is 3.00 bits per heavy atom. The minimum Gasteiger partial charge on any atom is -0.374 e.